The number of benzene rings is 2. The number of nitrogens with two attached hydrogens (primary N) is 1. The monoisotopic (exact) mass is 366 g/mol. The average Bonchev–Trinajstić information content (AvgIpc) is 3.33. The molecule has 2 aromatic carbocycles. The van der Waals surface area contributed by atoms with E-state index in [9.17, 15) is 9.59 Å². The Morgan fingerprint density at radius 2 is 1.93 bits per heavy atom. The van der Waals surface area contributed by atoms with E-state index in [4.69, 9.17) is 15.2 Å². The number of hydrogen-bond acceptors (Lipinski definition) is 6. The summed E-state index contributed by atoms with van der Waals surface area (Å²) in [6.07, 6.45) is 0.164. The third-order valence-electron chi connectivity index (χ3n) is 4.41. The van der Waals surface area contributed by atoms with Crippen LogP contribution < -0.4 is 25.5 Å². The molecule has 2 amide bonds. The molecule has 8 nitrogen and oxygen atoms in total. The van der Waals surface area contributed by atoms with Gasteiger partial charge in [0.25, 0.3) is 5.91 Å². The number of hydrogen-bond donors (Lipinski definition) is 2. The van der Waals surface area contributed by atoms with Gasteiger partial charge in [-0.1, -0.05) is 24.3 Å². The molecule has 2 aliphatic heterocycles. The first-order chi connectivity index (χ1) is 13.1. The second kappa shape index (κ2) is 6.99. The van der Waals surface area contributed by atoms with Crippen LogP contribution >= 0.6 is 0 Å². The van der Waals surface area contributed by atoms with Crippen LogP contribution in [0.5, 0.6) is 11.5 Å². The van der Waals surface area contributed by atoms with Crippen molar-refractivity contribution in [1.82, 2.24) is 5.32 Å². The van der Waals surface area contributed by atoms with Crippen LogP contribution in [0.2, 0.25) is 0 Å². The van der Waals surface area contributed by atoms with E-state index in [2.05, 4.69) is 10.4 Å². The molecule has 0 aromatic heterocycles. The maximum atomic E-state index is 12.5. The number of hydrazone groups is 1. The minimum absolute atomic E-state index is 0.164. The van der Waals surface area contributed by atoms with Crippen molar-refractivity contribution >= 4 is 23.2 Å². The van der Waals surface area contributed by atoms with Gasteiger partial charge in [0, 0.05) is 13.0 Å². The Hall–Kier alpha value is -3.55. The highest BCUT2D eigenvalue weighted by Crippen LogP contribution is 2.32. The van der Waals surface area contributed by atoms with E-state index >= 15 is 0 Å². The highest BCUT2D eigenvalue weighted by atomic mass is 16.7. The normalized spacial score (nSPS) is 17.6. The Labute approximate surface area is 155 Å². The van der Waals surface area contributed by atoms with Crippen molar-refractivity contribution < 1.29 is 19.1 Å². The van der Waals surface area contributed by atoms with Crippen LogP contribution in [-0.2, 0) is 16.1 Å². The number of para-hydroxylation sites is 1. The maximum absolute atomic E-state index is 12.5. The van der Waals surface area contributed by atoms with Crippen molar-refractivity contribution in [2.75, 3.05) is 11.8 Å². The zero-order valence-corrected chi connectivity index (χ0v) is 14.4. The lowest BCUT2D eigenvalue weighted by Crippen LogP contribution is -2.39. The van der Waals surface area contributed by atoms with Gasteiger partial charge in [-0.15, -0.1) is 0 Å². The molecule has 2 aromatic rings. The molecule has 1 atom stereocenters. The molecule has 0 saturated heterocycles. The fraction of sp³-hybridized carbons (Fsp3) is 0.211. The molecule has 0 bridgehead atoms. The minimum atomic E-state index is -0.682. The molecule has 138 valence electrons. The summed E-state index contributed by atoms with van der Waals surface area (Å²) in [5.41, 5.74) is 7.34. The summed E-state index contributed by atoms with van der Waals surface area (Å²) in [7, 11) is 0. The number of nitrogens with zero attached hydrogens (tertiary/aromatic N) is 2. The van der Waals surface area contributed by atoms with Gasteiger partial charge in [-0.25, -0.2) is 0 Å². The van der Waals surface area contributed by atoms with Crippen LogP contribution in [0.1, 0.15) is 12.0 Å². The summed E-state index contributed by atoms with van der Waals surface area (Å²) in [6.45, 7) is 0.507. The Morgan fingerprint density at radius 3 is 2.70 bits per heavy atom. The van der Waals surface area contributed by atoms with E-state index < -0.39 is 11.9 Å². The largest absolute Gasteiger partial charge is 0.454 e. The van der Waals surface area contributed by atoms with Crippen molar-refractivity contribution in [2.45, 2.75) is 19.0 Å². The zero-order valence-electron chi connectivity index (χ0n) is 14.4. The van der Waals surface area contributed by atoms with Crippen LogP contribution in [-0.4, -0.2) is 30.4 Å². The summed E-state index contributed by atoms with van der Waals surface area (Å²) >= 11 is 0. The molecule has 2 heterocycles. The molecule has 2 aliphatic rings. The Balaban J connectivity index is 1.46. The number of ether oxygens (including phenoxy) is 2. The van der Waals surface area contributed by atoms with Crippen LogP contribution in [0.4, 0.5) is 5.69 Å². The van der Waals surface area contributed by atoms with E-state index in [1.807, 2.05) is 42.5 Å². The molecule has 0 fully saturated rings. The van der Waals surface area contributed by atoms with Gasteiger partial charge in [0.2, 0.25) is 12.7 Å². The molecular formula is C19H18N4O4. The van der Waals surface area contributed by atoms with E-state index in [-0.39, 0.29) is 24.8 Å². The smallest absolute Gasteiger partial charge is 0.267 e. The van der Waals surface area contributed by atoms with E-state index in [0.717, 1.165) is 5.56 Å². The molecule has 0 unspecified atom stereocenters. The first-order valence-electron chi connectivity index (χ1n) is 8.49. The number of carbonyl (C=O) groups excluding carboxylic acids is 2. The molecular weight excluding hydrogens is 348 g/mol. The van der Waals surface area contributed by atoms with Crippen molar-refractivity contribution in [2.24, 2.45) is 10.8 Å². The highest BCUT2D eigenvalue weighted by Gasteiger charge is 2.34. The summed E-state index contributed by atoms with van der Waals surface area (Å²) in [5.74, 6) is 0.482. The average molecular weight is 366 g/mol. The number of rotatable bonds is 5. The lowest BCUT2D eigenvalue weighted by Gasteiger charge is -2.20. The van der Waals surface area contributed by atoms with Gasteiger partial charge in [0.15, 0.2) is 11.5 Å². The number of primary amides is 1. The van der Waals surface area contributed by atoms with Crippen molar-refractivity contribution in [1.29, 1.82) is 0 Å². The molecule has 3 N–H and O–H groups in total. The molecule has 0 radical (unpaired) electrons. The fourth-order valence-corrected chi connectivity index (χ4v) is 3.02. The number of fused-ring (bicyclic) bond motifs is 1. The van der Waals surface area contributed by atoms with Gasteiger partial charge < -0.3 is 20.5 Å². The molecule has 27 heavy (non-hydrogen) atoms. The Bertz CT molecular complexity index is 913. The second-order valence-electron chi connectivity index (χ2n) is 6.22. The second-order valence-corrected chi connectivity index (χ2v) is 6.22. The van der Waals surface area contributed by atoms with Crippen molar-refractivity contribution in [3.8, 4) is 11.5 Å². The van der Waals surface area contributed by atoms with Gasteiger partial charge in [-0.2, -0.15) is 5.10 Å². The molecule has 0 aliphatic carbocycles. The van der Waals surface area contributed by atoms with Gasteiger partial charge in [-0.3, -0.25) is 14.6 Å². The Kier molecular flexibility index (Phi) is 4.37. The van der Waals surface area contributed by atoms with Crippen LogP contribution in [0.25, 0.3) is 0 Å². The third kappa shape index (κ3) is 3.41. The minimum Gasteiger partial charge on any atom is -0.454 e. The van der Waals surface area contributed by atoms with Crippen molar-refractivity contribution in [3.05, 3.63) is 54.1 Å². The van der Waals surface area contributed by atoms with Gasteiger partial charge in [0.05, 0.1) is 5.69 Å². The first kappa shape index (κ1) is 16.9. The maximum Gasteiger partial charge on any atom is 0.267 e. The fourth-order valence-electron chi connectivity index (χ4n) is 3.02. The molecule has 4 rings (SSSR count). The Morgan fingerprint density at radius 1 is 1.15 bits per heavy atom. The number of carbonyl (C=O) groups is 2. The highest BCUT2D eigenvalue weighted by molar-refractivity contribution is 6.40. The van der Waals surface area contributed by atoms with Gasteiger partial charge in [0.1, 0.15) is 11.8 Å². The lowest BCUT2D eigenvalue weighted by atomic mass is 10.1. The first-order valence-corrected chi connectivity index (χ1v) is 8.49. The van der Waals surface area contributed by atoms with E-state index in [1.54, 1.807) is 6.07 Å². The zero-order chi connectivity index (χ0) is 18.8. The van der Waals surface area contributed by atoms with Crippen LogP contribution in [0.15, 0.2) is 53.6 Å². The predicted molar refractivity (Wildman–Crippen MR) is 98.4 cm³/mol. The van der Waals surface area contributed by atoms with Gasteiger partial charge in [-0.05, 0) is 29.8 Å². The predicted octanol–water partition coefficient (Wildman–Crippen LogP) is 1.15. The van der Waals surface area contributed by atoms with E-state index in [1.165, 1.54) is 5.01 Å². The third-order valence-corrected chi connectivity index (χ3v) is 4.41. The van der Waals surface area contributed by atoms with Gasteiger partial charge >= 0.3 is 0 Å². The summed E-state index contributed by atoms with van der Waals surface area (Å²) in [6, 6.07) is 14.0. The summed E-state index contributed by atoms with van der Waals surface area (Å²) in [5, 5.41) is 8.64. The number of amides is 2. The molecule has 0 saturated carbocycles. The van der Waals surface area contributed by atoms with Crippen LogP contribution in [0.3, 0.4) is 0 Å². The summed E-state index contributed by atoms with van der Waals surface area (Å²) < 4.78 is 10.6. The number of nitrogens with one attached hydrogen (secondary N) is 1. The molecule has 8 heteroatoms. The molecule has 0 spiro atoms. The SMILES string of the molecule is NC(=O)[C@H]1CC(C(=O)NCc2ccc3c(c2)OCO3)=NN1c1ccccc1. The standard InChI is InChI=1S/C19H18N4O4/c20-18(24)15-9-14(22-23(15)13-4-2-1-3-5-13)19(25)21-10-12-6-7-16-17(8-12)27-11-26-16/h1-8,15H,9-11H2,(H2,20,24)(H,21,25)/t15-/m1/s1. The topological polar surface area (TPSA) is 106 Å². The lowest BCUT2D eigenvalue weighted by molar-refractivity contribution is -0.119. The van der Waals surface area contributed by atoms with E-state index in [0.29, 0.717) is 23.7 Å². The summed E-state index contributed by atoms with van der Waals surface area (Å²) in [4.78, 5) is 24.3. The quantitative estimate of drug-likeness (QED) is 0.826. The number of anilines is 1. The van der Waals surface area contributed by atoms with Crippen LogP contribution in [0, 0.1) is 0 Å². The van der Waals surface area contributed by atoms with Crippen molar-refractivity contribution in [3.63, 3.8) is 0 Å².